The zero-order chi connectivity index (χ0) is 25.7. The zero-order valence-corrected chi connectivity index (χ0v) is 22.4. The lowest BCUT2D eigenvalue weighted by atomic mass is 9.98. The summed E-state index contributed by atoms with van der Waals surface area (Å²) in [6.45, 7) is 0. The van der Waals surface area contributed by atoms with E-state index in [0.29, 0.717) is 0 Å². The number of hydrogen-bond acceptors (Lipinski definition) is 1. The van der Waals surface area contributed by atoms with Crippen molar-refractivity contribution in [1.29, 1.82) is 0 Å². The Morgan fingerprint density at radius 2 is 0.553 bits per heavy atom. The van der Waals surface area contributed by atoms with Crippen LogP contribution in [0.4, 0.5) is 17.1 Å². The molecule has 0 aromatic heterocycles. The Morgan fingerprint density at radius 3 is 0.895 bits per heavy atom. The highest BCUT2D eigenvalue weighted by Gasteiger charge is 2.12. The molecular weight excluding hydrogens is 526 g/mol. The molecule has 6 aromatic carbocycles. The smallest absolute Gasteiger partial charge is 0.0462 e. The van der Waals surface area contributed by atoms with E-state index < -0.39 is 0 Å². The van der Waals surface area contributed by atoms with E-state index in [-0.39, 0.29) is 0 Å². The van der Waals surface area contributed by atoms with E-state index in [4.69, 9.17) is 0 Å². The Kier molecular flexibility index (Phi) is 6.89. The van der Waals surface area contributed by atoms with Crippen LogP contribution in [0.2, 0.25) is 0 Å². The monoisotopic (exact) mass is 551 g/mol. The van der Waals surface area contributed by atoms with Crippen LogP contribution in [0.1, 0.15) is 0 Å². The third-order valence-electron chi connectivity index (χ3n) is 6.77. The maximum absolute atomic E-state index is 3.51. The van der Waals surface area contributed by atoms with Gasteiger partial charge in [-0.3, -0.25) is 0 Å². The first kappa shape index (κ1) is 24.0. The van der Waals surface area contributed by atoms with Crippen molar-refractivity contribution < 1.29 is 0 Å². The highest BCUT2D eigenvalue weighted by Crippen LogP contribution is 2.35. The first-order valence-corrected chi connectivity index (χ1v) is 13.5. The largest absolute Gasteiger partial charge is 0.311 e. The zero-order valence-electron chi connectivity index (χ0n) is 20.8. The molecule has 0 amide bonds. The third-order valence-corrected chi connectivity index (χ3v) is 7.30. The van der Waals surface area contributed by atoms with Gasteiger partial charge in [0.15, 0.2) is 0 Å². The van der Waals surface area contributed by atoms with Crippen LogP contribution >= 0.6 is 15.9 Å². The number of para-hydroxylation sites is 2. The fourth-order valence-electron chi connectivity index (χ4n) is 4.76. The van der Waals surface area contributed by atoms with Crippen LogP contribution in [0, 0.1) is 0 Å². The number of anilines is 3. The summed E-state index contributed by atoms with van der Waals surface area (Å²) in [5.41, 5.74) is 10.7. The molecule has 0 atom stereocenters. The molecule has 0 saturated heterocycles. The van der Waals surface area contributed by atoms with E-state index in [1.807, 2.05) is 0 Å². The summed E-state index contributed by atoms with van der Waals surface area (Å²) >= 11 is 3.51. The Morgan fingerprint density at radius 1 is 0.289 bits per heavy atom. The molecule has 0 N–H and O–H groups in total. The van der Waals surface area contributed by atoms with Gasteiger partial charge in [-0.1, -0.05) is 125 Å². The Hall–Kier alpha value is -4.40. The minimum Gasteiger partial charge on any atom is -0.311 e. The summed E-state index contributed by atoms with van der Waals surface area (Å²) in [6.07, 6.45) is 0. The number of nitrogens with zero attached hydrogens (tertiary/aromatic N) is 1. The standard InChI is InChI=1S/C36H26BrN/c37-33-23-19-31(20-24-33)29-15-11-27(12-16-29)28-13-17-30(18-14-28)32-21-25-36(26-22-32)38(34-7-3-1-4-8-34)35-9-5-2-6-10-35/h1-26H. The van der Waals surface area contributed by atoms with Crippen LogP contribution in [-0.4, -0.2) is 0 Å². The minimum atomic E-state index is 1.09. The van der Waals surface area contributed by atoms with Crippen LogP contribution in [0.3, 0.4) is 0 Å². The molecule has 0 spiro atoms. The van der Waals surface area contributed by atoms with Gasteiger partial charge in [0.2, 0.25) is 0 Å². The maximum Gasteiger partial charge on any atom is 0.0462 e. The van der Waals surface area contributed by atoms with Crippen molar-refractivity contribution in [3.8, 4) is 33.4 Å². The Bertz CT molecular complexity index is 1570. The molecule has 0 aliphatic rings. The second kappa shape index (κ2) is 10.9. The van der Waals surface area contributed by atoms with Crippen molar-refractivity contribution in [3.05, 3.63) is 162 Å². The second-order valence-corrected chi connectivity index (χ2v) is 10.1. The molecule has 2 heteroatoms. The highest BCUT2D eigenvalue weighted by atomic mass is 79.9. The molecule has 0 fully saturated rings. The fraction of sp³-hybridized carbons (Fsp3) is 0. The number of benzene rings is 6. The highest BCUT2D eigenvalue weighted by molar-refractivity contribution is 9.10. The van der Waals surface area contributed by atoms with Crippen LogP contribution in [0.5, 0.6) is 0 Å². The van der Waals surface area contributed by atoms with Crippen molar-refractivity contribution in [3.63, 3.8) is 0 Å². The van der Waals surface area contributed by atoms with Gasteiger partial charge in [-0.2, -0.15) is 0 Å². The van der Waals surface area contributed by atoms with Crippen molar-refractivity contribution >= 4 is 33.0 Å². The van der Waals surface area contributed by atoms with Crippen molar-refractivity contribution in [2.24, 2.45) is 0 Å². The molecule has 0 bridgehead atoms. The lowest BCUT2D eigenvalue weighted by Gasteiger charge is -2.25. The molecule has 38 heavy (non-hydrogen) atoms. The van der Waals surface area contributed by atoms with Gasteiger partial charge in [0.25, 0.3) is 0 Å². The van der Waals surface area contributed by atoms with Crippen molar-refractivity contribution in [2.45, 2.75) is 0 Å². The third kappa shape index (κ3) is 5.18. The van der Waals surface area contributed by atoms with Crippen LogP contribution in [0.15, 0.2) is 162 Å². The summed E-state index contributed by atoms with van der Waals surface area (Å²) in [7, 11) is 0. The van der Waals surface area contributed by atoms with E-state index in [1.165, 1.54) is 33.4 Å². The lowest BCUT2D eigenvalue weighted by Crippen LogP contribution is -2.09. The lowest BCUT2D eigenvalue weighted by molar-refractivity contribution is 1.28. The summed E-state index contributed by atoms with van der Waals surface area (Å²) in [6, 6.07) is 55.8. The predicted octanol–water partition coefficient (Wildman–Crippen LogP) is 10.9. The minimum absolute atomic E-state index is 1.09. The molecule has 6 aromatic rings. The predicted molar refractivity (Wildman–Crippen MR) is 165 cm³/mol. The Labute approximate surface area is 232 Å². The van der Waals surface area contributed by atoms with Gasteiger partial charge < -0.3 is 4.90 Å². The van der Waals surface area contributed by atoms with Gasteiger partial charge in [0.05, 0.1) is 0 Å². The maximum atomic E-state index is 3.51. The van der Waals surface area contributed by atoms with Crippen molar-refractivity contribution in [1.82, 2.24) is 0 Å². The summed E-state index contributed by atoms with van der Waals surface area (Å²) in [5, 5.41) is 0. The van der Waals surface area contributed by atoms with E-state index in [0.717, 1.165) is 21.5 Å². The molecule has 0 aliphatic carbocycles. The van der Waals surface area contributed by atoms with Gasteiger partial charge in [0, 0.05) is 21.5 Å². The molecule has 1 nitrogen and oxygen atoms in total. The van der Waals surface area contributed by atoms with Gasteiger partial charge in [-0.25, -0.2) is 0 Å². The first-order chi connectivity index (χ1) is 18.7. The van der Waals surface area contributed by atoms with E-state index in [9.17, 15) is 0 Å². The SMILES string of the molecule is Brc1ccc(-c2ccc(-c3ccc(-c4ccc(N(c5ccccc5)c5ccccc5)cc4)cc3)cc2)cc1. The van der Waals surface area contributed by atoms with E-state index in [2.05, 4.69) is 179 Å². The average molecular weight is 553 g/mol. The summed E-state index contributed by atoms with van der Waals surface area (Å²) < 4.78 is 1.09. The number of halogens is 1. The molecule has 182 valence electrons. The summed E-state index contributed by atoms with van der Waals surface area (Å²) in [4.78, 5) is 2.28. The Balaban J connectivity index is 1.23. The van der Waals surface area contributed by atoms with Gasteiger partial charge in [0.1, 0.15) is 0 Å². The first-order valence-electron chi connectivity index (χ1n) is 12.7. The topological polar surface area (TPSA) is 3.24 Å². The average Bonchev–Trinajstić information content (AvgIpc) is 2.99. The normalized spacial score (nSPS) is 10.8. The van der Waals surface area contributed by atoms with Gasteiger partial charge >= 0.3 is 0 Å². The molecule has 0 aliphatic heterocycles. The molecule has 0 unspecified atom stereocenters. The van der Waals surface area contributed by atoms with E-state index in [1.54, 1.807) is 0 Å². The number of hydrogen-bond donors (Lipinski definition) is 0. The second-order valence-electron chi connectivity index (χ2n) is 9.21. The molecule has 6 rings (SSSR count). The number of rotatable bonds is 6. The molecular formula is C36H26BrN. The van der Waals surface area contributed by atoms with Crippen LogP contribution in [0.25, 0.3) is 33.4 Å². The van der Waals surface area contributed by atoms with Crippen LogP contribution < -0.4 is 4.90 Å². The van der Waals surface area contributed by atoms with Crippen LogP contribution in [-0.2, 0) is 0 Å². The van der Waals surface area contributed by atoms with E-state index >= 15 is 0 Å². The molecule has 0 heterocycles. The van der Waals surface area contributed by atoms with Gasteiger partial charge in [-0.15, -0.1) is 0 Å². The van der Waals surface area contributed by atoms with Gasteiger partial charge in [-0.05, 0) is 81.9 Å². The van der Waals surface area contributed by atoms with Crippen molar-refractivity contribution in [2.75, 3.05) is 4.90 Å². The molecule has 0 radical (unpaired) electrons. The molecule has 0 saturated carbocycles. The quantitative estimate of drug-likeness (QED) is 0.199. The fourth-order valence-corrected chi connectivity index (χ4v) is 5.02. The summed E-state index contributed by atoms with van der Waals surface area (Å²) in [5.74, 6) is 0.